The molecular formula is C14H15NO4S. The molecule has 5 nitrogen and oxygen atoms in total. The Morgan fingerprint density at radius 3 is 2.55 bits per heavy atom. The van der Waals surface area contributed by atoms with Crippen molar-refractivity contribution in [2.24, 2.45) is 0 Å². The van der Waals surface area contributed by atoms with Crippen LogP contribution in [-0.2, 0) is 11.3 Å². The quantitative estimate of drug-likeness (QED) is 0.919. The van der Waals surface area contributed by atoms with Crippen LogP contribution in [0.15, 0.2) is 29.1 Å². The van der Waals surface area contributed by atoms with E-state index in [9.17, 15) is 9.59 Å². The van der Waals surface area contributed by atoms with Gasteiger partial charge in [-0.05, 0) is 36.8 Å². The van der Waals surface area contributed by atoms with E-state index in [2.05, 4.69) is 0 Å². The number of hydrogen-bond acceptors (Lipinski definition) is 4. The summed E-state index contributed by atoms with van der Waals surface area (Å²) in [5, 5.41) is 8.71. The molecule has 0 aliphatic rings. The Bertz CT molecular complexity index is 669. The fraction of sp³-hybridized carbons (Fsp3) is 0.286. The summed E-state index contributed by atoms with van der Waals surface area (Å²) >= 11 is 1.13. The Morgan fingerprint density at radius 2 is 2.00 bits per heavy atom. The molecule has 0 amide bonds. The lowest BCUT2D eigenvalue weighted by molar-refractivity contribution is -0.137. The second-order valence-electron chi connectivity index (χ2n) is 4.31. The van der Waals surface area contributed by atoms with Crippen LogP contribution < -0.4 is 9.61 Å². The number of aliphatic carboxylic acids is 1. The molecule has 1 aromatic heterocycles. The van der Waals surface area contributed by atoms with Gasteiger partial charge in [0.15, 0.2) is 0 Å². The number of hydrogen-bond donors (Lipinski definition) is 1. The van der Waals surface area contributed by atoms with Gasteiger partial charge in [-0.1, -0.05) is 11.3 Å². The maximum absolute atomic E-state index is 11.9. The zero-order valence-corrected chi connectivity index (χ0v) is 12.1. The van der Waals surface area contributed by atoms with E-state index in [0.717, 1.165) is 33.2 Å². The molecule has 2 rings (SSSR count). The molecule has 0 unspecified atom stereocenters. The number of thiazole rings is 1. The van der Waals surface area contributed by atoms with Crippen molar-refractivity contribution in [1.82, 2.24) is 4.57 Å². The minimum absolute atomic E-state index is 0.0560. The predicted molar refractivity (Wildman–Crippen MR) is 77.6 cm³/mol. The third kappa shape index (κ3) is 2.91. The molecule has 0 saturated carbocycles. The van der Waals surface area contributed by atoms with Gasteiger partial charge in [0.25, 0.3) is 0 Å². The number of aromatic nitrogens is 1. The molecule has 1 N–H and O–H groups in total. The number of rotatable bonds is 5. The molecule has 0 spiro atoms. The van der Waals surface area contributed by atoms with Crippen LogP contribution in [0.5, 0.6) is 5.75 Å². The summed E-state index contributed by atoms with van der Waals surface area (Å²) in [4.78, 5) is 23.3. The highest BCUT2D eigenvalue weighted by atomic mass is 32.1. The topological polar surface area (TPSA) is 68.5 Å². The second kappa shape index (κ2) is 5.92. The molecule has 1 aromatic carbocycles. The molecule has 0 aliphatic heterocycles. The smallest absolute Gasteiger partial charge is 0.307 e. The van der Waals surface area contributed by atoms with Gasteiger partial charge in [0.1, 0.15) is 5.75 Å². The van der Waals surface area contributed by atoms with E-state index in [0.29, 0.717) is 0 Å². The zero-order chi connectivity index (χ0) is 14.7. The van der Waals surface area contributed by atoms with Crippen LogP contribution in [0.25, 0.3) is 10.4 Å². The standard InChI is InChI=1S/C14H15NO4S/c1-9-13(10-3-5-11(19-2)6-4-10)20-14(18)15(9)8-7-12(16)17/h3-6H,7-8H2,1-2H3,(H,16,17). The summed E-state index contributed by atoms with van der Waals surface area (Å²) in [5.74, 6) is -0.155. The van der Waals surface area contributed by atoms with Crippen molar-refractivity contribution in [2.75, 3.05) is 7.11 Å². The third-order valence-corrected chi connectivity index (χ3v) is 4.17. The van der Waals surface area contributed by atoms with Crippen LogP contribution >= 0.6 is 11.3 Å². The van der Waals surface area contributed by atoms with Crippen LogP contribution in [-0.4, -0.2) is 22.8 Å². The molecule has 1 heterocycles. The third-order valence-electron chi connectivity index (χ3n) is 3.04. The van der Waals surface area contributed by atoms with Crippen molar-refractivity contribution in [3.05, 3.63) is 39.6 Å². The molecule has 0 radical (unpaired) electrons. The SMILES string of the molecule is COc1ccc(-c2sc(=O)n(CCC(=O)O)c2C)cc1. The monoisotopic (exact) mass is 293 g/mol. The van der Waals surface area contributed by atoms with E-state index in [1.54, 1.807) is 7.11 Å². The molecule has 20 heavy (non-hydrogen) atoms. The fourth-order valence-electron chi connectivity index (χ4n) is 1.95. The molecule has 0 aliphatic carbocycles. The number of carbonyl (C=O) groups is 1. The fourth-order valence-corrected chi connectivity index (χ4v) is 2.98. The van der Waals surface area contributed by atoms with Gasteiger partial charge in [-0.25, -0.2) is 0 Å². The zero-order valence-electron chi connectivity index (χ0n) is 11.3. The molecule has 2 aromatic rings. The van der Waals surface area contributed by atoms with Gasteiger partial charge in [-0.3, -0.25) is 9.59 Å². The summed E-state index contributed by atoms with van der Waals surface area (Å²) in [6, 6.07) is 7.44. The van der Waals surface area contributed by atoms with Crippen LogP contribution in [0.3, 0.4) is 0 Å². The highest BCUT2D eigenvalue weighted by molar-refractivity contribution is 7.13. The highest BCUT2D eigenvalue weighted by Gasteiger charge is 2.13. The van der Waals surface area contributed by atoms with Crippen molar-refractivity contribution in [1.29, 1.82) is 0 Å². The molecule has 0 bridgehead atoms. The number of carboxylic acid groups (broad SMARTS) is 1. The van der Waals surface area contributed by atoms with Crippen molar-refractivity contribution in [3.8, 4) is 16.2 Å². The Hall–Kier alpha value is -2.08. The lowest BCUT2D eigenvalue weighted by Crippen LogP contribution is -2.16. The largest absolute Gasteiger partial charge is 0.497 e. The van der Waals surface area contributed by atoms with E-state index in [4.69, 9.17) is 9.84 Å². The first-order chi connectivity index (χ1) is 9.52. The van der Waals surface area contributed by atoms with Crippen molar-refractivity contribution in [2.45, 2.75) is 19.9 Å². The van der Waals surface area contributed by atoms with Gasteiger partial charge in [0, 0.05) is 12.2 Å². The van der Waals surface area contributed by atoms with Crippen molar-refractivity contribution in [3.63, 3.8) is 0 Å². The van der Waals surface area contributed by atoms with E-state index in [-0.39, 0.29) is 17.8 Å². The first-order valence-corrected chi connectivity index (χ1v) is 6.91. The van der Waals surface area contributed by atoms with Gasteiger partial charge < -0.3 is 14.4 Å². The summed E-state index contributed by atoms with van der Waals surface area (Å²) < 4.78 is 6.61. The summed E-state index contributed by atoms with van der Waals surface area (Å²) in [7, 11) is 1.60. The van der Waals surface area contributed by atoms with E-state index in [1.165, 1.54) is 4.57 Å². The van der Waals surface area contributed by atoms with Crippen LogP contribution in [0.2, 0.25) is 0 Å². The average Bonchev–Trinajstić information content (AvgIpc) is 2.72. The lowest BCUT2D eigenvalue weighted by Gasteiger charge is -2.05. The Labute approximate surface area is 120 Å². The highest BCUT2D eigenvalue weighted by Crippen LogP contribution is 2.28. The van der Waals surface area contributed by atoms with Gasteiger partial charge in [0.2, 0.25) is 0 Å². The Kier molecular flexibility index (Phi) is 4.24. The first kappa shape index (κ1) is 14.3. The average molecular weight is 293 g/mol. The number of nitrogens with zero attached hydrogens (tertiary/aromatic N) is 1. The van der Waals surface area contributed by atoms with Gasteiger partial charge in [0.05, 0.1) is 18.4 Å². The summed E-state index contributed by atoms with van der Waals surface area (Å²) in [6.45, 7) is 2.03. The van der Waals surface area contributed by atoms with E-state index in [1.807, 2.05) is 31.2 Å². The van der Waals surface area contributed by atoms with Gasteiger partial charge >= 0.3 is 10.8 Å². The normalized spacial score (nSPS) is 10.5. The second-order valence-corrected chi connectivity index (χ2v) is 5.27. The molecule has 0 atom stereocenters. The van der Waals surface area contributed by atoms with E-state index >= 15 is 0 Å². The van der Waals surface area contributed by atoms with E-state index < -0.39 is 5.97 Å². The van der Waals surface area contributed by atoms with Crippen LogP contribution in [0.4, 0.5) is 0 Å². The summed E-state index contributed by atoms with van der Waals surface area (Å²) in [6.07, 6.45) is -0.0560. The number of carboxylic acids is 1. The first-order valence-electron chi connectivity index (χ1n) is 6.09. The van der Waals surface area contributed by atoms with Crippen molar-refractivity contribution >= 4 is 17.3 Å². The van der Waals surface area contributed by atoms with Gasteiger partial charge in [-0.2, -0.15) is 0 Å². The minimum Gasteiger partial charge on any atom is -0.497 e. The maximum atomic E-state index is 11.9. The number of methoxy groups -OCH3 is 1. The minimum atomic E-state index is -0.909. The van der Waals surface area contributed by atoms with Crippen LogP contribution in [0.1, 0.15) is 12.1 Å². The number of benzene rings is 1. The predicted octanol–water partition coefficient (Wildman–Crippen LogP) is 2.37. The lowest BCUT2D eigenvalue weighted by atomic mass is 10.1. The van der Waals surface area contributed by atoms with Crippen molar-refractivity contribution < 1.29 is 14.6 Å². The Balaban J connectivity index is 2.35. The molecular weight excluding hydrogens is 278 g/mol. The van der Waals surface area contributed by atoms with Gasteiger partial charge in [-0.15, -0.1) is 0 Å². The summed E-state index contributed by atoms with van der Waals surface area (Å²) in [5.41, 5.74) is 1.73. The molecule has 0 saturated heterocycles. The number of ether oxygens (including phenoxy) is 1. The molecule has 0 fully saturated rings. The maximum Gasteiger partial charge on any atom is 0.307 e. The molecule has 6 heteroatoms. The van der Waals surface area contributed by atoms with Crippen LogP contribution in [0, 0.1) is 6.92 Å². The Morgan fingerprint density at radius 1 is 1.35 bits per heavy atom. The molecule has 106 valence electrons.